The first kappa shape index (κ1) is 17.0. The lowest BCUT2D eigenvalue weighted by Crippen LogP contribution is -2.43. The van der Waals surface area contributed by atoms with E-state index in [4.69, 9.17) is 0 Å². The van der Waals surface area contributed by atoms with Crippen LogP contribution in [0.5, 0.6) is 0 Å². The molecule has 1 saturated carbocycles. The molecule has 19 heavy (non-hydrogen) atoms. The Labute approximate surface area is 121 Å². The number of rotatable bonds is 9. The second-order valence-electron chi connectivity index (χ2n) is 7.29. The summed E-state index contributed by atoms with van der Waals surface area (Å²) < 4.78 is 0. The molecule has 1 heteroatoms. The molecule has 2 atom stereocenters. The molecule has 1 fully saturated rings. The number of unbranched alkanes of at least 4 members (excludes halogenated alkanes) is 5. The Morgan fingerprint density at radius 2 is 1.74 bits per heavy atom. The Balaban J connectivity index is 2.28. The van der Waals surface area contributed by atoms with Gasteiger partial charge >= 0.3 is 0 Å². The molecule has 114 valence electrons. The van der Waals surface area contributed by atoms with Crippen molar-refractivity contribution in [3.63, 3.8) is 0 Å². The Hall–Kier alpha value is -0.0400. The third-order valence-electron chi connectivity index (χ3n) is 5.32. The molecule has 0 saturated heterocycles. The summed E-state index contributed by atoms with van der Waals surface area (Å²) in [7, 11) is 2.17. The number of hydrogen-bond acceptors (Lipinski definition) is 1. The molecule has 2 unspecified atom stereocenters. The van der Waals surface area contributed by atoms with Crippen LogP contribution in [0.2, 0.25) is 0 Å². The van der Waals surface area contributed by atoms with Crippen LogP contribution in [0.25, 0.3) is 0 Å². The van der Waals surface area contributed by atoms with Crippen molar-refractivity contribution in [2.24, 2.45) is 11.3 Å². The van der Waals surface area contributed by atoms with Crippen molar-refractivity contribution in [2.45, 2.75) is 97.4 Å². The van der Waals surface area contributed by atoms with Crippen LogP contribution in [-0.2, 0) is 0 Å². The lowest BCUT2D eigenvalue weighted by molar-refractivity contribution is 0.0966. The van der Waals surface area contributed by atoms with E-state index in [0.29, 0.717) is 5.41 Å². The average Bonchev–Trinajstić information content (AvgIpc) is 2.39. The summed E-state index contributed by atoms with van der Waals surface area (Å²) in [6, 6.07) is 0.751. The molecular weight excluding hydrogens is 230 g/mol. The summed E-state index contributed by atoms with van der Waals surface area (Å²) >= 11 is 0. The topological polar surface area (TPSA) is 12.0 Å². The van der Waals surface area contributed by atoms with E-state index in [2.05, 4.69) is 33.1 Å². The van der Waals surface area contributed by atoms with Gasteiger partial charge in [-0.05, 0) is 37.6 Å². The van der Waals surface area contributed by atoms with E-state index < -0.39 is 0 Å². The second-order valence-corrected chi connectivity index (χ2v) is 7.29. The molecule has 0 aromatic carbocycles. The first-order chi connectivity index (χ1) is 9.11. The maximum Gasteiger partial charge on any atom is 0.00974 e. The van der Waals surface area contributed by atoms with Gasteiger partial charge in [0, 0.05) is 6.04 Å². The van der Waals surface area contributed by atoms with Crippen LogP contribution in [0.15, 0.2) is 0 Å². The zero-order valence-electron chi connectivity index (χ0n) is 13.9. The fourth-order valence-electron chi connectivity index (χ4n) is 3.96. The van der Waals surface area contributed by atoms with Gasteiger partial charge in [-0.2, -0.15) is 0 Å². The predicted molar refractivity (Wildman–Crippen MR) is 86.6 cm³/mol. The van der Waals surface area contributed by atoms with Gasteiger partial charge in [-0.3, -0.25) is 0 Å². The molecule has 0 aliphatic heterocycles. The van der Waals surface area contributed by atoms with Crippen LogP contribution in [0.3, 0.4) is 0 Å². The van der Waals surface area contributed by atoms with Gasteiger partial charge in [0.1, 0.15) is 0 Å². The van der Waals surface area contributed by atoms with Crippen LogP contribution >= 0.6 is 0 Å². The van der Waals surface area contributed by atoms with E-state index in [1.54, 1.807) is 0 Å². The fourth-order valence-corrected chi connectivity index (χ4v) is 3.96. The Morgan fingerprint density at radius 3 is 2.37 bits per heavy atom. The molecule has 0 heterocycles. The van der Waals surface area contributed by atoms with Crippen LogP contribution in [0, 0.1) is 11.3 Å². The SMILES string of the molecule is CCCCCCCCC(NC)C1CCCCC1(C)C. The molecule has 0 bridgehead atoms. The minimum Gasteiger partial charge on any atom is -0.317 e. The van der Waals surface area contributed by atoms with Crippen molar-refractivity contribution in [3.8, 4) is 0 Å². The van der Waals surface area contributed by atoms with Crippen molar-refractivity contribution < 1.29 is 0 Å². The summed E-state index contributed by atoms with van der Waals surface area (Å²) in [4.78, 5) is 0. The highest BCUT2D eigenvalue weighted by molar-refractivity contribution is 4.89. The Kier molecular flexibility index (Phi) is 8.06. The zero-order valence-corrected chi connectivity index (χ0v) is 13.9. The average molecular weight is 268 g/mol. The molecule has 0 amide bonds. The summed E-state index contributed by atoms with van der Waals surface area (Å²) in [6.07, 6.45) is 15.7. The highest BCUT2D eigenvalue weighted by Gasteiger charge is 2.36. The first-order valence-electron chi connectivity index (χ1n) is 8.79. The predicted octanol–water partition coefficient (Wildman–Crippen LogP) is 5.54. The quantitative estimate of drug-likeness (QED) is 0.541. The van der Waals surface area contributed by atoms with Gasteiger partial charge < -0.3 is 5.32 Å². The third-order valence-corrected chi connectivity index (χ3v) is 5.32. The highest BCUT2D eigenvalue weighted by Crippen LogP contribution is 2.43. The maximum absolute atomic E-state index is 3.63. The van der Waals surface area contributed by atoms with Gasteiger partial charge in [0.2, 0.25) is 0 Å². The van der Waals surface area contributed by atoms with Crippen molar-refractivity contribution in [3.05, 3.63) is 0 Å². The second kappa shape index (κ2) is 9.00. The molecule has 1 rings (SSSR count). The van der Waals surface area contributed by atoms with Gasteiger partial charge in [0.25, 0.3) is 0 Å². The monoisotopic (exact) mass is 267 g/mol. The lowest BCUT2D eigenvalue weighted by Gasteiger charge is -2.43. The Bertz CT molecular complexity index is 222. The summed E-state index contributed by atoms with van der Waals surface area (Å²) in [5, 5.41) is 3.63. The smallest absolute Gasteiger partial charge is 0.00974 e. The maximum atomic E-state index is 3.63. The number of hydrogen-bond donors (Lipinski definition) is 1. The molecule has 0 spiro atoms. The Morgan fingerprint density at radius 1 is 1.05 bits per heavy atom. The standard InChI is InChI=1S/C18H37N/c1-5-6-7-8-9-10-14-17(19-4)16-13-11-12-15-18(16,2)3/h16-17,19H,5-15H2,1-4H3. The first-order valence-corrected chi connectivity index (χ1v) is 8.79. The van der Waals surface area contributed by atoms with Gasteiger partial charge in [-0.25, -0.2) is 0 Å². The third kappa shape index (κ3) is 5.85. The van der Waals surface area contributed by atoms with E-state index in [-0.39, 0.29) is 0 Å². The zero-order chi connectivity index (χ0) is 14.1. The lowest BCUT2D eigenvalue weighted by atomic mass is 9.65. The van der Waals surface area contributed by atoms with Crippen LogP contribution in [0.1, 0.15) is 91.4 Å². The van der Waals surface area contributed by atoms with Crippen molar-refractivity contribution in [1.82, 2.24) is 5.32 Å². The van der Waals surface area contributed by atoms with E-state index >= 15 is 0 Å². The fraction of sp³-hybridized carbons (Fsp3) is 1.00. The van der Waals surface area contributed by atoms with Gasteiger partial charge in [0.05, 0.1) is 0 Å². The largest absolute Gasteiger partial charge is 0.317 e. The summed E-state index contributed by atoms with van der Waals surface area (Å²) in [5.74, 6) is 0.891. The van der Waals surface area contributed by atoms with E-state index in [0.717, 1.165) is 12.0 Å². The molecule has 0 aromatic heterocycles. The van der Waals surface area contributed by atoms with Crippen LogP contribution in [0.4, 0.5) is 0 Å². The van der Waals surface area contributed by atoms with Crippen LogP contribution < -0.4 is 5.32 Å². The molecule has 0 radical (unpaired) electrons. The van der Waals surface area contributed by atoms with Crippen molar-refractivity contribution >= 4 is 0 Å². The normalized spacial score (nSPS) is 24.3. The molecular formula is C18H37N. The minimum absolute atomic E-state index is 0.550. The number of nitrogens with one attached hydrogen (secondary N) is 1. The molecule has 1 aliphatic carbocycles. The van der Waals surface area contributed by atoms with Gasteiger partial charge in [0.15, 0.2) is 0 Å². The summed E-state index contributed by atoms with van der Waals surface area (Å²) in [5.41, 5.74) is 0.550. The molecule has 1 N–H and O–H groups in total. The van der Waals surface area contributed by atoms with Gasteiger partial charge in [-0.15, -0.1) is 0 Å². The molecule has 1 nitrogen and oxygen atoms in total. The molecule has 1 aliphatic rings. The van der Waals surface area contributed by atoms with Gasteiger partial charge in [-0.1, -0.05) is 72.1 Å². The van der Waals surface area contributed by atoms with Crippen molar-refractivity contribution in [1.29, 1.82) is 0 Å². The summed E-state index contributed by atoms with van der Waals surface area (Å²) in [6.45, 7) is 7.27. The highest BCUT2D eigenvalue weighted by atomic mass is 14.9. The van der Waals surface area contributed by atoms with E-state index in [1.807, 2.05) is 0 Å². The molecule has 0 aromatic rings. The van der Waals surface area contributed by atoms with E-state index in [1.165, 1.54) is 70.6 Å². The van der Waals surface area contributed by atoms with Crippen molar-refractivity contribution in [2.75, 3.05) is 7.05 Å². The van der Waals surface area contributed by atoms with Crippen LogP contribution in [-0.4, -0.2) is 13.1 Å². The van der Waals surface area contributed by atoms with E-state index in [9.17, 15) is 0 Å². The minimum atomic E-state index is 0.550.